The molecule has 7 nitrogen and oxygen atoms in total. The van der Waals surface area contributed by atoms with Gasteiger partial charge in [-0.25, -0.2) is 0 Å². The van der Waals surface area contributed by atoms with Crippen molar-refractivity contribution in [2.24, 2.45) is 5.73 Å². The molecule has 0 unspecified atom stereocenters. The first-order valence-electron chi connectivity index (χ1n) is 9.80. The number of hydrogen-bond donors (Lipinski definition) is 3. The summed E-state index contributed by atoms with van der Waals surface area (Å²) in [5, 5.41) is 5.83. The van der Waals surface area contributed by atoms with Crippen LogP contribution in [0.15, 0.2) is 72.8 Å². The molecule has 3 aromatic carbocycles. The summed E-state index contributed by atoms with van der Waals surface area (Å²) in [5.74, 6) is -1.47. The van der Waals surface area contributed by atoms with Crippen LogP contribution < -0.4 is 16.4 Å². The highest BCUT2D eigenvalue weighted by Gasteiger charge is 2.29. The number of primary amides is 1. The highest BCUT2D eigenvalue weighted by Crippen LogP contribution is 2.42. The van der Waals surface area contributed by atoms with Gasteiger partial charge in [-0.05, 0) is 46.5 Å². The molecule has 4 rings (SSSR count). The van der Waals surface area contributed by atoms with Crippen LogP contribution in [0.5, 0.6) is 0 Å². The number of rotatable bonds is 7. The minimum absolute atomic E-state index is 0.113. The lowest BCUT2D eigenvalue weighted by atomic mass is 10.1. The van der Waals surface area contributed by atoms with Crippen molar-refractivity contribution >= 4 is 23.5 Å². The predicted molar refractivity (Wildman–Crippen MR) is 116 cm³/mol. The fourth-order valence-corrected chi connectivity index (χ4v) is 3.64. The van der Waals surface area contributed by atoms with Crippen molar-refractivity contribution < 1.29 is 19.1 Å². The van der Waals surface area contributed by atoms with Crippen LogP contribution in [0.3, 0.4) is 0 Å². The zero-order valence-electron chi connectivity index (χ0n) is 16.6. The Labute approximate surface area is 179 Å². The molecule has 0 saturated carbocycles. The fourth-order valence-electron chi connectivity index (χ4n) is 3.64. The Morgan fingerprint density at radius 2 is 1.42 bits per heavy atom. The van der Waals surface area contributed by atoms with Gasteiger partial charge in [0.2, 0.25) is 5.91 Å². The molecule has 1 aliphatic rings. The first-order valence-corrected chi connectivity index (χ1v) is 9.80. The Morgan fingerprint density at radius 1 is 0.839 bits per heavy atom. The molecule has 3 aromatic rings. The van der Waals surface area contributed by atoms with Crippen molar-refractivity contribution in [1.82, 2.24) is 5.32 Å². The third kappa shape index (κ3) is 4.40. The Kier molecular flexibility index (Phi) is 5.66. The van der Waals surface area contributed by atoms with Crippen molar-refractivity contribution in [3.05, 3.63) is 89.5 Å². The molecule has 0 aliphatic heterocycles. The normalized spacial score (nSPS) is 11.9. The van der Waals surface area contributed by atoms with Crippen LogP contribution >= 0.6 is 0 Å². The second kappa shape index (κ2) is 8.71. The summed E-state index contributed by atoms with van der Waals surface area (Å²) in [5.41, 5.74) is 10.4. The first-order chi connectivity index (χ1) is 15.0. The lowest BCUT2D eigenvalue weighted by molar-refractivity contribution is -0.146. The van der Waals surface area contributed by atoms with E-state index in [0.717, 1.165) is 22.3 Å². The largest absolute Gasteiger partial charge is 0.454 e. The van der Waals surface area contributed by atoms with Gasteiger partial charge in [0.05, 0.1) is 6.04 Å². The molecule has 0 aromatic heterocycles. The number of anilines is 1. The molecule has 1 aliphatic carbocycles. The predicted octanol–water partition coefficient (Wildman–Crippen LogP) is 2.63. The summed E-state index contributed by atoms with van der Waals surface area (Å²) < 4.78 is 5.09. The number of hydrogen-bond acceptors (Lipinski definition) is 5. The smallest absolute Gasteiger partial charge is 0.325 e. The minimum Gasteiger partial charge on any atom is -0.454 e. The van der Waals surface area contributed by atoms with Gasteiger partial charge in [-0.2, -0.15) is 0 Å². The van der Waals surface area contributed by atoms with Crippen molar-refractivity contribution in [2.45, 2.75) is 6.04 Å². The third-order valence-electron chi connectivity index (χ3n) is 5.11. The molecule has 7 heteroatoms. The van der Waals surface area contributed by atoms with E-state index in [1.165, 1.54) is 0 Å². The molecule has 31 heavy (non-hydrogen) atoms. The number of ether oxygens (including phenoxy) is 1. The van der Waals surface area contributed by atoms with Gasteiger partial charge in [0.25, 0.3) is 5.91 Å². The van der Waals surface area contributed by atoms with E-state index in [0.29, 0.717) is 11.3 Å². The van der Waals surface area contributed by atoms with E-state index in [9.17, 15) is 14.4 Å². The van der Waals surface area contributed by atoms with Crippen molar-refractivity contribution in [3.8, 4) is 11.1 Å². The van der Waals surface area contributed by atoms with Gasteiger partial charge in [-0.1, -0.05) is 48.5 Å². The lowest BCUT2D eigenvalue weighted by Crippen LogP contribution is -2.33. The number of nitrogens with one attached hydrogen (secondary N) is 2. The number of nitrogens with two attached hydrogens (primary N) is 1. The van der Waals surface area contributed by atoms with Gasteiger partial charge in [-0.15, -0.1) is 0 Å². The molecular weight excluding hydrogens is 394 g/mol. The van der Waals surface area contributed by atoms with E-state index in [1.807, 2.05) is 48.5 Å². The SMILES string of the molecule is NC(=O)c1ccc(NCC(=O)OCC(=O)NC2c3ccccc3-c3ccccc32)cc1. The summed E-state index contributed by atoms with van der Waals surface area (Å²) >= 11 is 0. The number of carbonyl (C=O) groups excluding carboxylic acids is 3. The second-order valence-electron chi connectivity index (χ2n) is 7.13. The monoisotopic (exact) mass is 415 g/mol. The number of fused-ring (bicyclic) bond motifs is 3. The number of amides is 2. The van der Waals surface area contributed by atoms with Gasteiger partial charge in [0.15, 0.2) is 6.61 Å². The van der Waals surface area contributed by atoms with Crippen molar-refractivity contribution in [2.75, 3.05) is 18.5 Å². The van der Waals surface area contributed by atoms with Gasteiger partial charge >= 0.3 is 5.97 Å². The van der Waals surface area contributed by atoms with Crippen molar-refractivity contribution in [1.29, 1.82) is 0 Å². The van der Waals surface area contributed by atoms with Crippen LogP contribution in [0.1, 0.15) is 27.5 Å². The standard InChI is InChI=1S/C24H21N3O4/c25-24(30)15-9-11-16(12-10-15)26-13-22(29)31-14-21(28)27-23-19-7-3-1-5-17(19)18-6-2-4-8-20(18)23/h1-12,23,26H,13-14H2,(H2,25,30)(H,27,28). The average Bonchev–Trinajstić information content (AvgIpc) is 3.10. The fraction of sp³-hybridized carbons (Fsp3) is 0.125. The van der Waals surface area contributed by atoms with Gasteiger partial charge in [-0.3, -0.25) is 14.4 Å². The molecule has 2 amide bonds. The second-order valence-corrected chi connectivity index (χ2v) is 7.13. The Bertz CT molecular complexity index is 1100. The minimum atomic E-state index is -0.568. The summed E-state index contributed by atoms with van der Waals surface area (Å²) in [6.45, 7) is -0.486. The molecule has 0 bridgehead atoms. The maximum Gasteiger partial charge on any atom is 0.325 e. The quantitative estimate of drug-likeness (QED) is 0.514. The molecule has 0 spiro atoms. The van der Waals surface area contributed by atoms with Crippen LogP contribution in [0, 0.1) is 0 Å². The van der Waals surface area contributed by atoms with Gasteiger partial charge in [0, 0.05) is 11.3 Å². The van der Waals surface area contributed by atoms with Crippen LogP contribution in [0.4, 0.5) is 5.69 Å². The maximum atomic E-state index is 12.4. The van der Waals surface area contributed by atoms with E-state index in [2.05, 4.69) is 10.6 Å². The third-order valence-corrected chi connectivity index (χ3v) is 5.11. The summed E-state index contributed by atoms with van der Waals surface area (Å²) in [6.07, 6.45) is 0. The molecule has 0 fully saturated rings. The highest BCUT2D eigenvalue weighted by molar-refractivity contribution is 5.93. The summed E-state index contributed by atoms with van der Waals surface area (Å²) in [6, 6.07) is 21.9. The van der Waals surface area contributed by atoms with Crippen LogP contribution in [-0.2, 0) is 14.3 Å². The molecule has 0 atom stereocenters. The molecular formula is C24H21N3O4. The first kappa shape index (κ1) is 20.2. The summed E-state index contributed by atoms with van der Waals surface area (Å²) in [7, 11) is 0. The topological polar surface area (TPSA) is 111 Å². The zero-order chi connectivity index (χ0) is 21.8. The lowest BCUT2D eigenvalue weighted by Gasteiger charge is -2.16. The Balaban J connectivity index is 1.30. The number of benzene rings is 3. The number of esters is 1. The van der Waals surface area contributed by atoms with Crippen molar-refractivity contribution in [3.63, 3.8) is 0 Å². The Hall–Kier alpha value is -4.13. The Morgan fingerprint density at radius 3 is 2.00 bits per heavy atom. The summed E-state index contributed by atoms with van der Waals surface area (Å²) in [4.78, 5) is 35.5. The van der Waals surface area contributed by atoms with E-state index >= 15 is 0 Å². The van der Waals surface area contributed by atoms with Crippen LogP contribution in [-0.4, -0.2) is 30.9 Å². The highest BCUT2D eigenvalue weighted by atomic mass is 16.5. The molecule has 0 heterocycles. The molecule has 4 N–H and O–H groups in total. The van der Waals surface area contributed by atoms with Crippen LogP contribution in [0.2, 0.25) is 0 Å². The number of carbonyl (C=O) groups is 3. The van der Waals surface area contributed by atoms with E-state index in [-0.39, 0.29) is 25.1 Å². The average molecular weight is 415 g/mol. The van der Waals surface area contributed by atoms with Gasteiger partial charge < -0.3 is 21.1 Å². The van der Waals surface area contributed by atoms with Gasteiger partial charge in [0.1, 0.15) is 6.54 Å². The maximum absolute atomic E-state index is 12.4. The molecule has 156 valence electrons. The molecule has 0 saturated heterocycles. The van der Waals surface area contributed by atoms with Crippen LogP contribution in [0.25, 0.3) is 11.1 Å². The van der Waals surface area contributed by atoms with E-state index in [1.54, 1.807) is 24.3 Å². The zero-order valence-corrected chi connectivity index (χ0v) is 16.6. The van der Waals surface area contributed by atoms with E-state index < -0.39 is 11.9 Å². The van der Waals surface area contributed by atoms with E-state index in [4.69, 9.17) is 10.5 Å². The molecule has 0 radical (unpaired) electrons.